The van der Waals surface area contributed by atoms with Crippen molar-refractivity contribution in [1.82, 2.24) is 10.3 Å². The largest absolute Gasteiger partial charge is 0.326 e. The third-order valence-corrected chi connectivity index (χ3v) is 3.63. The van der Waals surface area contributed by atoms with Crippen molar-refractivity contribution in [3.63, 3.8) is 0 Å². The molecule has 0 aliphatic heterocycles. The van der Waals surface area contributed by atoms with Crippen molar-refractivity contribution >= 4 is 17.5 Å². The number of hydrogen-bond acceptors (Lipinski definition) is 3. The van der Waals surface area contributed by atoms with Gasteiger partial charge in [-0.15, -0.1) is 0 Å². The molecule has 1 aromatic heterocycles. The summed E-state index contributed by atoms with van der Waals surface area (Å²) in [4.78, 5) is 28.0. The minimum absolute atomic E-state index is 0.171. The van der Waals surface area contributed by atoms with Gasteiger partial charge in [-0.2, -0.15) is 0 Å². The Morgan fingerprint density at radius 2 is 1.92 bits per heavy atom. The van der Waals surface area contributed by atoms with Crippen LogP contribution in [0.5, 0.6) is 0 Å². The summed E-state index contributed by atoms with van der Waals surface area (Å²) in [5.74, 6) is -1.14. The summed E-state index contributed by atoms with van der Waals surface area (Å²) in [6.07, 6.45) is 2.53. The van der Waals surface area contributed by atoms with Crippen LogP contribution in [-0.2, 0) is 4.79 Å². The monoisotopic (exact) mass is 341 g/mol. The Morgan fingerprint density at radius 3 is 2.56 bits per heavy atom. The van der Waals surface area contributed by atoms with Gasteiger partial charge in [-0.1, -0.05) is 19.6 Å². The van der Waals surface area contributed by atoms with Crippen LogP contribution >= 0.6 is 0 Å². The summed E-state index contributed by atoms with van der Waals surface area (Å²) in [6.45, 7) is 5.60. The molecule has 2 rings (SSSR count). The molecule has 1 heterocycles. The molecule has 2 N–H and O–H groups in total. The van der Waals surface area contributed by atoms with Gasteiger partial charge in [-0.3, -0.25) is 14.6 Å². The van der Waals surface area contributed by atoms with Crippen LogP contribution in [0.2, 0.25) is 0 Å². The van der Waals surface area contributed by atoms with Gasteiger partial charge >= 0.3 is 0 Å². The second-order valence-corrected chi connectivity index (χ2v) is 5.71. The zero-order chi connectivity index (χ0) is 18.2. The molecule has 5 nitrogen and oxygen atoms in total. The van der Waals surface area contributed by atoms with Crippen LogP contribution in [0.15, 0.2) is 60.9 Å². The Labute approximate surface area is 146 Å². The van der Waals surface area contributed by atoms with Gasteiger partial charge in [0.15, 0.2) is 0 Å². The first kappa shape index (κ1) is 18.3. The van der Waals surface area contributed by atoms with E-state index in [-0.39, 0.29) is 23.5 Å². The molecule has 0 bridgehead atoms. The number of aromatic nitrogens is 1. The molecule has 0 fully saturated rings. The molecule has 0 saturated heterocycles. The Hall–Kier alpha value is -3.02. The maximum Gasteiger partial charge on any atom is 0.273 e. The van der Waals surface area contributed by atoms with Crippen molar-refractivity contribution in [2.45, 2.75) is 19.8 Å². The number of amides is 2. The van der Waals surface area contributed by atoms with Crippen LogP contribution < -0.4 is 10.6 Å². The average molecular weight is 341 g/mol. The highest BCUT2D eigenvalue weighted by Gasteiger charge is 2.14. The topological polar surface area (TPSA) is 71.1 Å². The number of nitrogens with one attached hydrogen (secondary N) is 2. The summed E-state index contributed by atoms with van der Waals surface area (Å²) < 4.78 is 12.9. The number of hydrogen-bond donors (Lipinski definition) is 2. The highest BCUT2D eigenvalue weighted by Crippen LogP contribution is 2.14. The van der Waals surface area contributed by atoms with Crippen LogP contribution in [0.3, 0.4) is 0 Å². The lowest BCUT2D eigenvalue weighted by Crippen LogP contribution is -2.25. The smallest absolute Gasteiger partial charge is 0.273 e. The maximum absolute atomic E-state index is 12.9. The van der Waals surface area contributed by atoms with Gasteiger partial charge < -0.3 is 10.6 Å². The summed E-state index contributed by atoms with van der Waals surface area (Å²) >= 11 is 0. The van der Waals surface area contributed by atoms with Gasteiger partial charge in [-0.25, -0.2) is 4.39 Å². The van der Waals surface area contributed by atoms with Crippen molar-refractivity contribution in [2.75, 3.05) is 5.32 Å². The van der Waals surface area contributed by atoms with Gasteiger partial charge in [-0.05, 0) is 49.2 Å². The lowest BCUT2D eigenvalue weighted by molar-refractivity contribution is -0.119. The summed E-state index contributed by atoms with van der Waals surface area (Å²) in [6, 6.07) is 10.7. The summed E-state index contributed by atoms with van der Waals surface area (Å²) in [5.41, 5.74) is 1.38. The molecule has 0 radical (unpaired) electrons. The Balaban J connectivity index is 1.77. The number of nitrogens with zero attached hydrogens (tertiary/aromatic N) is 1. The predicted molar refractivity (Wildman–Crippen MR) is 94.3 cm³/mol. The first-order valence-electron chi connectivity index (χ1n) is 7.92. The van der Waals surface area contributed by atoms with E-state index in [2.05, 4.69) is 22.2 Å². The van der Waals surface area contributed by atoms with Crippen molar-refractivity contribution < 1.29 is 14.0 Å². The van der Waals surface area contributed by atoms with Crippen LogP contribution in [0.1, 0.15) is 30.3 Å². The minimum atomic E-state index is -0.356. The normalized spacial score (nSPS) is 11.4. The fourth-order valence-electron chi connectivity index (χ4n) is 2.10. The van der Waals surface area contributed by atoms with E-state index in [1.54, 1.807) is 31.3 Å². The van der Waals surface area contributed by atoms with E-state index < -0.39 is 0 Å². The molecule has 1 aromatic carbocycles. The van der Waals surface area contributed by atoms with Crippen LogP contribution in [0.25, 0.3) is 0 Å². The second-order valence-electron chi connectivity index (χ2n) is 5.71. The summed E-state index contributed by atoms with van der Waals surface area (Å²) in [5, 5.41) is 5.40. The third-order valence-electron chi connectivity index (χ3n) is 3.63. The molecule has 6 heteroatoms. The highest BCUT2D eigenvalue weighted by molar-refractivity contribution is 5.93. The van der Waals surface area contributed by atoms with Crippen molar-refractivity contribution in [3.05, 3.63) is 72.4 Å². The molecular weight excluding hydrogens is 321 g/mol. The van der Waals surface area contributed by atoms with Crippen molar-refractivity contribution in [3.8, 4) is 0 Å². The van der Waals surface area contributed by atoms with E-state index in [9.17, 15) is 14.0 Å². The Kier molecular flexibility index (Phi) is 6.39. The van der Waals surface area contributed by atoms with E-state index in [0.29, 0.717) is 29.9 Å². The van der Waals surface area contributed by atoms with Crippen molar-refractivity contribution in [1.29, 1.82) is 0 Å². The SMILES string of the molecule is C=C(CCC(C)C(=O)Nc1ccc(F)cc1)NC(=O)c1ccccn1. The van der Waals surface area contributed by atoms with Gasteiger partial charge in [0.05, 0.1) is 0 Å². The van der Waals surface area contributed by atoms with E-state index in [4.69, 9.17) is 0 Å². The first-order valence-corrected chi connectivity index (χ1v) is 7.92. The first-order chi connectivity index (χ1) is 12.0. The highest BCUT2D eigenvalue weighted by atomic mass is 19.1. The molecule has 1 atom stereocenters. The fraction of sp³-hybridized carbons (Fsp3) is 0.211. The average Bonchev–Trinajstić information content (AvgIpc) is 2.62. The predicted octanol–water partition coefficient (Wildman–Crippen LogP) is 3.52. The van der Waals surface area contributed by atoms with E-state index in [1.165, 1.54) is 24.3 Å². The van der Waals surface area contributed by atoms with E-state index in [0.717, 1.165) is 0 Å². The number of carbonyl (C=O) groups excluding carboxylic acids is 2. The molecule has 1 unspecified atom stereocenters. The lowest BCUT2D eigenvalue weighted by Gasteiger charge is -2.13. The number of halogens is 1. The molecule has 0 spiro atoms. The Morgan fingerprint density at radius 1 is 1.20 bits per heavy atom. The van der Waals surface area contributed by atoms with Crippen LogP contribution in [0, 0.1) is 11.7 Å². The standard InChI is InChI=1S/C19H20FN3O2/c1-13(18(24)23-16-10-8-15(20)9-11-16)6-7-14(2)22-19(25)17-5-3-4-12-21-17/h3-5,8-13H,2,6-7H2,1H3,(H,22,25)(H,23,24). The molecule has 25 heavy (non-hydrogen) atoms. The number of pyridine rings is 1. The third kappa shape index (κ3) is 5.84. The molecule has 2 amide bonds. The molecule has 0 aliphatic rings. The minimum Gasteiger partial charge on any atom is -0.326 e. The summed E-state index contributed by atoms with van der Waals surface area (Å²) in [7, 11) is 0. The number of anilines is 1. The van der Waals surface area contributed by atoms with Crippen LogP contribution in [0.4, 0.5) is 10.1 Å². The van der Waals surface area contributed by atoms with E-state index in [1.807, 2.05) is 0 Å². The number of rotatable bonds is 7. The fourth-order valence-corrected chi connectivity index (χ4v) is 2.10. The molecule has 130 valence electrons. The number of benzene rings is 1. The van der Waals surface area contributed by atoms with E-state index >= 15 is 0 Å². The van der Waals surface area contributed by atoms with Gasteiger partial charge in [0.25, 0.3) is 5.91 Å². The second kappa shape index (κ2) is 8.73. The zero-order valence-electron chi connectivity index (χ0n) is 14.0. The molecular formula is C19H20FN3O2. The Bertz CT molecular complexity index is 745. The maximum atomic E-state index is 12.9. The number of allylic oxidation sites excluding steroid dienone is 1. The molecule has 0 aliphatic carbocycles. The number of carbonyl (C=O) groups is 2. The van der Waals surface area contributed by atoms with Gasteiger partial charge in [0, 0.05) is 23.5 Å². The lowest BCUT2D eigenvalue weighted by atomic mass is 10.0. The zero-order valence-corrected chi connectivity index (χ0v) is 14.0. The van der Waals surface area contributed by atoms with Gasteiger partial charge in [0.2, 0.25) is 5.91 Å². The molecule has 0 saturated carbocycles. The van der Waals surface area contributed by atoms with Crippen LogP contribution in [-0.4, -0.2) is 16.8 Å². The van der Waals surface area contributed by atoms with Crippen molar-refractivity contribution in [2.24, 2.45) is 5.92 Å². The van der Waals surface area contributed by atoms with Gasteiger partial charge in [0.1, 0.15) is 11.5 Å². The molecule has 2 aromatic rings. The quantitative estimate of drug-likeness (QED) is 0.809.